The fourth-order valence-electron chi connectivity index (χ4n) is 3.01. The first-order chi connectivity index (χ1) is 11.5. The summed E-state index contributed by atoms with van der Waals surface area (Å²) in [5.74, 6) is 0.419. The van der Waals surface area contributed by atoms with Crippen LogP contribution in [0.2, 0.25) is 0 Å². The van der Waals surface area contributed by atoms with Crippen LogP contribution in [0, 0.1) is 19.8 Å². The molecule has 0 bridgehead atoms. The molecule has 1 heterocycles. The molecule has 0 saturated carbocycles. The molecular weight excluding hydrogens is 296 g/mol. The Morgan fingerprint density at radius 2 is 1.67 bits per heavy atom. The van der Waals surface area contributed by atoms with Crippen molar-refractivity contribution in [3.05, 3.63) is 75.6 Å². The molecule has 2 aromatic carbocycles. The van der Waals surface area contributed by atoms with Crippen molar-refractivity contribution >= 4 is 0 Å². The highest BCUT2D eigenvalue weighted by Gasteiger charge is 2.18. The number of aromatic amines is 1. The molecule has 3 rings (SSSR count). The zero-order valence-electron chi connectivity index (χ0n) is 14.8. The van der Waals surface area contributed by atoms with Gasteiger partial charge < -0.3 is 0 Å². The van der Waals surface area contributed by atoms with Crippen LogP contribution in [0.3, 0.4) is 0 Å². The number of nitrogens with zero attached hydrogens (tertiary/aromatic N) is 1. The van der Waals surface area contributed by atoms with Crippen molar-refractivity contribution < 1.29 is 0 Å². The van der Waals surface area contributed by atoms with Gasteiger partial charge in [0.25, 0.3) is 5.56 Å². The quantitative estimate of drug-likeness (QED) is 0.746. The average molecular weight is 320 g/mol. The summed E-state index contributed by atoms with van der Waals surface area (Å²) >= 11 is 0. The van der Waals surface area contributed by atoms with E-state index in [2.05, 4.69) is 50.1 Å². The minimum absolute atomic E-state index is 0.0496. The summed E-state index contributed by atoms with van der Waals surface area (Å²) in [5, 5.41) is 3.35. The highest BCUT2D eigenvalue weighted by molar-refractivity contribution is 5.64. The molecule has 1 N–H and O–H groups in total. The van der Waals surface area contributed by atoms with E-state index in [1.165, 1.54) is 5.56 Å². The Morgan fingerprint density at radius 1 is 1.00 bits per heavy atom. The van der Waals surface area contributed by atoms with Crippen LogP contribution in [0.4, 0.5) is 0 Å². The largest absolute Gasteiger partial charge is 0.290 e. The van der Waals surface area contributed by atoms with E-state index in [-0.39, 0.29) is 5.56 Å². The Labute approximate surface area is 143 Å². The lowest BCUT2D eigenvalue weighted by Gasteiger charge is -2.06. The van der Waals surface area contributed by atoms with Crippen LogP contribution in [-0.4, -0.2) is 9.78 Å². The SMILES string of the molecule is Cc1ccc(-c2[nH]n(-c3ccccc3C)c(=O)c2CC(C)C)cc1. The van der Waals surface area contributed by atoms with Gasteiger partial charge in [0.1, 0.15) is 0 Å². The summed E-state index contributed by atoms with van der Waals surface area (Å²) in [6.07, 6.45) is 0.761. The Hall–Kier alpha value is -2.55. The molecule has 0 atom stereocenters. The van der Waals surface area contributed by atoms with Crippen LogP contribution < -0.4 is 5.56 Å². The first kappa shape index (κ1) is 16.3. The van der Waals surface area contributed by atoms with Crippen molar-refractivity contribution in [3.8, 4) is 16.9 Å². The minimum Gasteiger partial charge on any atom is -0.290 e. The highest BCUT2D eigenvalue weighted by Crippen LogP contribution is 2.24. The molecule has 0 aliphatic carbocycles. The standard InChI is InChI=1S/C21H24N2O/c1-14(2)13-18-20(17-11-9-15(3)10-12-17)22-23(21(18)24)19-8-6-5-7-16(19)4/h5-12,14,22H,13H2,1-4H3. The molecule has 0 amide bonds. The predicted octanol–water partition coefficient (Wildman–Crippen LogP) is 4.65. The molecule has 0 unspecified atom stereocenters. The van der Waals surface area contributed by atoms with Crippen molar-refractivity contribution in [1.82, 2.24) is 9.78 Å². The third-order valence-electron chi connectivity index (χ3n) is 4.30. The number of hydrogen-bond acceptors (Lipinski definition) is 1. The lowest BCUT2D eigenvalue weighted by molar-refractivity contribution is 0.644. The zero-order chi connectivity index (χ0) is 17.3. The molecule has 24 heavy (non-hydrogen) atoms. The lowest BCUT2D eigenvalue weighted by atomic mass is 9.99. The molecule has 0 spiro atoms. The van der Waals surface area contributed by atoms with Crippen molar-refractivity contribution in [2.45, 2.75) is 34.1 Å². The van der Waals surface area contributed by atoms with Gasteiger partial charge in [-0.15, -0.1) is 0 Å². The van der Waals surface area contributed by atoms with Crippen molar-refractivity contribution in [1.29, 1.82) is 0 Å². The Kier molecular flexibility index (Phi) is 4.43. The van der Waals surface area contributed by atoms with Crippen molar-refractivity contribution in [2.75, 3.05) is 0 Å². The van der Waals surface area contributed by atoms with Crippen molar-refractivity contribution in [2.24, 2.45) is 5.92 Å². The first-order valence-electron chi connectivity index (χ1n) is 8.44. The maximum Gasteiger partial charge on any atom is 0.275 e. The van der Waals surface area contributed by atoms with Gasteiger partial charge in [-0.1, -0.05) is 61.9 Å². The van der Waals surface area contributed by atoms with Crippen LogP contribution in [0.25, 0.3) is 16.9 Å². The topological polar surface area (TPSA) is 37.8 Å². The average Bonchev–Trinajstić information content (AvgIpc) is 2.85. The maximum atomic E-state index is 13.0. The summed E-state index contributed by atoms with van der Waals surface area (Å²) in [5.41, 5.74) is 6.09. The van der Waals surface area contributed by atoms with Gasteiger partial charge in [-0.05, 0) is 43.4 Å². The number of H-pyrrole nitrogens is 1. The Balaban J connectivity index is 2.21. The Bertz CT molecular complexity index is 898. The van der Waals surface area contributed by atoms with Gasteiger partial charge in [-0.25, -0.2) is 4.68 Å². The molecule has 0 saturated heterocycles. The summed E-state index contributed by atoms with van der Waals surface area (Å²) in [7, 11) is 0. The maximum absolute atomic E-state index is 13.0. The zero-order valence-corrected chi connectivity index (χ0v) is 14.8. The summed E-state index contributed by atoms with van der Waals surface area (Å²) in [6, 6.07) is 16.3. The summed E-state index contributed by atoms with van der Waals surface area (Å²) in [4.78, 5) is 13.0. The van der Waals surface area contributed by atoms with Crippen molar-refractivity contribution in [3.63, 3.8) is 0 Å². The second-order valence-electron chi connectivity index (χ2n) is 6.86. The monoisotopic (exact) mass is 320 g/mol. The van der Waals surface area contributed by atoms with Gasteiger partial charge in [-0.2, -0.15) is 0 Å². The lowest BCUT2D eigenvalue weighted by Crippen LogP contribution is -2.19. The van der Waals surface area contributed by atoms with E-state index in [1.54, 1.807) is 4.68 Å². The second-order valence-corrected chi connectivity index (χ2v) is 6.86. The van der Waals surface area contributed by atoms with Crippen LogP contribution in [0.5, 0.6) is 0 Å². The van der Waals surface area contributed by atoms with Gasteiger partial charge in [0, 0.05) is 5.56 Å². The van der Waals surface area contributed by atoms with E-state index < -0.39 is 0 Å². The molecule has 0 radical (unpaired) electrons. The molecule has 1 aromatic heterocycles. The van der Waals surface area contributed by atoms with E-state index >= 15 is 0 Å². The van der Waals surface area contributed by atoms with Gasteiger partial charge in [0.2, 0.25) is 0 Å². The van der Waals surface area contributed by atoms with E-state index in [4.69, 9.17) is 0 Å². The third-order valence-corrected chi connectivity index (χ3v) is 4.30. The molecule has 0 aliphatic heterocycles. The van der Waals surface area contributed by atoms with E-state index in [0.29, 0.717) is 5.92 Å². The van der Waals surface area contributed by atoms with Crippen LogP contribution in [0.1, 0.15) is 30.5 Å². The van der Waals surface area contributed by atoms with Crippen LogP contribution in [0.15, 0.2) is 53.3 Å². The molecule has 3 aromatic rings. The smallest absolute Gasteiger partial charge is 0.275 e. The number of rotatable bonds is 4. The van der Waals surface area contributed by atoms with Crippen LogP contribution in [-0.2, 0) is 6.42 Å². The molecule has 3 nitrogen and oxygen atoms in total. The fraction of sp³-hybridized carbons (Fsp3) is 0.286. The van der Waals surface area contributed by atoms with Crippen LogP contribution >= 0.6 is 0 Å². The summed E-state index contributed by atoms with van der Waals surface area (Å²) < 4.78 is 1.68. The number of aryl methyl sites for hydroxylation is 2. The first-order valence-corrected chi connectivity index (χ1v) is 8.44. The predicted molar refractivity (Wildman–Crippen MR) is 99.8 cm³/mol. The summed E-state index contributed by atoms with van der Waals surface area (Å²) in [6.45, 7) is 8.38. The third kappa shape index (κ3) is 3.07. The van der Waals surface area contributed by atoms with Gasteiger partial charge >= 0.3 is 0 Å². The molecule has 0 aliphatic rings. The number of para-hydroxylation sites is 1. The molecule has 124 valence electrons. The molecule has 3 heteroatoms. The molecule has 0 fully saturated rings. The number of nitrogens with one attached hydrogen (secondary N) is 1. The van der Waals surface area contributed by atoms with E-state index in [1.807, 2.05) is 31.2 Å². The van der Waals surface area contributed by atoms with Gasteiger partial charge in [0.05, 0.1) is 11.4 Å². The molecular formula is C21H24N2O. The fourth-order valence-corrected chi connectivity index (χ4v) is 3.01. The van der Waals surface area contributed by atoms with E-state index in [0.717, 1.165) is 34.5 Å². The van der Waals surface area contributed by atoms with Gasteiger partial charge in [-0.3, -0.25) is 9.89 Å². The normalized spacial score (nSPS) is 11.2. The second kappa shape index (κ2) is 6.52. The van der Waals surface area contributed by atoms with Gasteiger partial charge in [0.15, 0.2) is 0 Å². The number of aromatic nitrogens is 2. The minimum atomic E-state index is 0.0496. The number of benzene rings is 2. The Morgan fingerprint density at radius 3 is 2.29 bits per heavy atom. The number of hydrogen-bond donors (Lipinski definition) is 1. The highest BCUT2D eigenvalue weighted by atomic mass is 16.1. The van der Waals surface area contributed by atoms with E-state index in [9.17, 15) is 4.79 Å².